The second-order valence-electron chi connectivity index (χ2n) is 5.27. The molecule has 0 unspecified atom stereocenters. The van der Waals surface area contributed by atoms with Gasteiger partial charge in [-0.3, -0.25) is 5.32 Å². The van der Waals surface area contributed by atoms with Crippen LogP contribution in [0.2, 0.25) is 0 Å². The Labute approximate surface area is 144 Å². The SMILES string of the molecule is CCOC(=O)Nc1ccc(NCc2cn3ccccc3n2)cc1C#N. The molecule has 0 aliphatic rings. The average molecular weight is 335 g/mol. The molecule has 3 aromatic rings. The van der Waals surface area contributed by atoms with Crippen LogP contribution in [-0.4, -0.2) is 22.1 Å². The third-order valence-electron chi connectivity index (χ3n) is 3.54. The Morgan fingerprint density at radius 2 is 2.24 bits per heavy atom. The van der Waals surface area contributed by atoms with E-state index in [4.69, 9.17) is 4.74 Å². The van der Waals surface area contributed by atoms with E-state index in [0.717, 1.165) is 17.0 Å². The van der Waals surface area contributed by atoms with Gasteiger partial charge in [0.05, 0.1) is 30.1 Å². The zero-order valence-corrected chi connectivity index (χ0v) is 13.7. The number of nitriles is 1. The van der Waals surface area contributed by atoms with E-state index in [1.165, 1.54) is 0 Å². The van der Waals surface area contributed by atoms with Gasteiger partial charge in [0.25, 0.3) is 0 Å². The Hall–Kier alpha value is -3.53. The molecule has 1 aromatic carbocycles. The Balaban J connectivity index is 1.70. The summed E-state index contributed by atoms with van der Waals surface area (Å²) in [6, 6.07) is 13.0. The number of nitrogens with zero attached hydrogens (tertiary/aromatic N) is 3. The molecular weight excluding hydrogens is 318 g/mol. The second kappa shape index (κ2) is 7.36. The number of hydrogen-bond acceptors (Lipinski definition) is 5. The quantitative estimate of drug-likeness (QED) is 0.746. The van der Waals surface area contributed by atoms with E-state index < -0.39 is 6.09 Å². The minimum Gasteiger partial charge on any atom is -0.450 e. The molecule has 7 heteroatoms. The van der Waals surface area contributed by atoms with E-state index >= 15 is 0 Å². The van der Waals surface area contributed by atoms with E-state index in [2.05, 4.69) is 21.7 Å². The molecule has 25 heavy (non-hydrogen) atoms. The fourth-order valence-corrected chi connectivity index (χ4v) is 2.40. The lowest BCUT2D eigenvalue weighted by atomic mass is 10.1. The second-order valence-corrected chi connectivity index (χ2v) is 5.27. The predicted molar refractivity (Wildman–Crippen MR) is 94.3 cm³/mol. The fourth-order valence-electron chi connectivity index (χ4n) is 2.40. The lowest BCUT2D eigenvalue weighted by molar-refractivity contribution is 0.168. The van der Waals surface area contributed by atoms with Gasteiger partial charge in [0.15, 0.2) is 0 Å². The number of carbonyl (C=O) groups excluding carboxylic acids is 1. The lowest BCUT2D eigenvalue weighted by Crippen LogP contribution is -2.14. The maximum Gasteiger partial charge on any atom is 0.411 e. The van der Waals surface area contributed by atoms with Crippen LogP contribution in [0, 0.1) is 11.3 Å². The van der Waals surface area contributed by atoms with Gasteiger partial charge in [-0.2, -0.15) is 5.26 Å². The lowest BCUT2D eigenvalue weighted by Gasteiger charge is -2.10. The first-order valence-corrected chi connectivity index (χ1v) is 7.84. The zero-order valence-electron chi connectivity index (χ0n) is 13.7. The van der Waals surface area contributed by atoms with Crippen molar-refractivity contribution in [2.45, 2.75) is 13.5 Å². The molecule has 0 atom stereocenters. The van der Waals surface area contributed by atoms with Crippen LogP contribution in [0.5, 0.6) is 0 Å². The monoisotopic (exact) mass is 335 g/mol. The van der Waals surface area contributed by atoms with Crippen molar-refractivity contribution in [1.82, 2.24) is 9.38 Å². The zero-order chi connectivity index (χ0) is 17.6. The van der Waals surface area contributed by atoms with Gasteiger partial charge < -0.3 is 14.5 Å². The van der Waals surface area contributed by atoms with E-state index in [0.29, 0.717) is 17.8 Å². The number of ether oxygens (including phenoxy) is 1. The summed E-state index contributed by atoms with van der Waals surface area (Å²) in [5, 5.41) is 15.1. The number of fused-ring (bicyclic) bond motifs is 1. The first-order chi connectivity index (χ1) is 12.2. The molecule has 0 fully saturated rings. The van der Waals surface area contributed by atoms with Crippen molar-refractivity contribution in [2.24, 2.45) is 0 Å². The largest absolute Gasteiger partial charge is 0.450 e. The highest BCUT2D eigenvalue weighted by Gasteiger charge is 2.08. The third-order valence-corrected chi connectivity index (χ3v) is 3.54. The molecule has 7 nitrogen and oxygen atoms in total. The maximum atomic E-state index is 11.5. The Bertz CT molecular complexity index is 909. The van der Waals surface area contributed by atoms with E-state index in [-0.39, 0.29) is 6.61 Å². The minimum absolute atomic E-state index is 0.270. The van der Waals surface area contributed by atoms with Crippen LogP contribution in [0.15, 0.2) is 48.8 Å². The first-order valence-electron chi connectivity index (χ1n) is 7.84. The summed E-state index contributed by atoms with van der Waals surface area (Å²) in [7, 11) is 0. The third kappa shape index (κ3) is 3.87. The summed E-state index contributed by atoms with van der Waals surface area (Å²) in [6.45, 7) is 2.51. The molecule has 0 aliphatic carbocycles. The number of pyridine rings is 1. The molecule has 0 bridgehead atoms. The predicted octanol–water partition coefficient (Wildman–Crippen LogP) is 3.39. The molecule has 0 aliphatic heterocycles. The molecule has 2 heterocycles. The number of aromatic nitrogens is 2. The van der Waals surface area contributed by atoms with Gasteiger partial charge in [0.2, 0.25) is 0 Å². The Morgan fingerprint density at radius 1 is 1.36 bits per heavy atom. The van der Waals surface area contributed by atoms with Crippen LogP contribution >= 0.6 is 0 Å². The Kier molecular flexibility index (Phi) is 4.81. The Morgan fingerprint density at radius 3 is 3.00 bits per heavy atom. The van der Waals surface area contributed by atoms with Crippen molar-refractivity contribution >= 4 is 23.1 Å². The smallest absolute Gasteiger partial charge is 0.411 e. The van der Waals surface area contributed by atoms with Crippen molar-refractivity contribution in [3.05, 3.63) is 60.0 Å². The van der Waals surface area contributed by atoms with E-state index in [9.17, 15) is 10.1 Å². The van der Waals surface area contributed by atoms with Crippen molar-refractivity contribution in [3.8, 4) is 6.07 Å². The van der Waals surface area contributed by atoms with Crippen LogP contribution in [0.25, 0.3) is 5.65 Å². The molecule has 0 saturated heterocycles. The van der Waals surface area contributed by atoms with Crippen LogP contribution in [0.1, 0.15) is 18.2 Å². The number of benzene rings is 1. The summed E-state index contributed by atoms with van der Waals surface area (Å²) in [5.41, 5.74) is 3.31. The number of anilines is 2. The van der Waals surface area contributed by atoms with Gasteiger partial charge in [-0.15, -0.1) is 0 Å². The molecule has 2 N–H and O–H groups in total. The van der Waals surface area contributed by atoms with E-state index in [1.54, 1.807) is 25.1 Å². The van der Waals surface area contributed by atoms with Crippen molar-refractivity contribution < 1.29 is 9.53 Å². The highest BCUT2D eigenvalue weighted by molar-refractivity contribution is 5.87. The van der Waals surface area contributed by atoms with Gasteiger partial charge in [0, 0.05) is 18.1 Å². The summed E-state index contributed by atoms with van der Waals surface area (Å²) in [5.74, 6) is 0. The number of carbonyl (C=O) groups is 1. The van der Waals surface area contributed by atoms with Gasteiger partial charge in [-0.1, -0.05) is 6.07 Å². The molecule has 2 aromatic heterocycles. The highest BCUT2D eigenvalue weighted by Crippen LogP contribution is 2.20. The molecular formula is C18H17N5O2. The summed E-state index contributed by atoms with van der Waals surface area (Å²) in [4.78, 5) is 16.0. The normalized spacial score (nSPS) is 10.2. The average Bonchev–Trinajstić information content (AvgIpc) is 3.04. The number of imidazole rings is 1. The molecule has 126 valence electrons. The molecule has 1 amide bonds. The first kappa shape index (κ1) is 16.3. The fraction of sp³-hybridized carbons (Fsp3) is 0.167. The number of rotatable bonds is 5. The maximum absolute atomic E-state index is 11.5. The standard InChI is InChI=1S/C18H17N5O2/c1-2-25-18(24)22-16-7-6-14(9-13(16)10-19)20-11-15-12-23-8-4-3-5-17(23)21-15/h3-9,12,20H,2,11H2,1H3,(H,22,24). The van der Waals surface area contributed by atoms with Crippen LogP contribution < -0.4 is 10.6 Å². The van der Waals surface area contributed by atoms with Gasteiger partial charge in [0.1, 0.15) is 11.7 Å². The van der Waals surface area contributed by atoms with Gasteiger partial charge in [-0.25, -0.2) is 9.78 Å². The van der Waals surface area contributed by atoms with E-state index in [1.807, 2.05) is 35.0 Å². The van der Waals surface area contributed by atoms with Crippen molar-refractivity contribution in [1.29, 1.82) is 5.26 Å². The highest BCUT2D eigenvalue weighted by atomic mass is 16.5. The van der Waals surface area contributed by atoms with Crippen molar-refractivity contribution in [2.75, 3.05) is 17.2 Å². The van der Waals surface area contributed by atoms with Crippen LogP contribution in [0.3, 0.4) is 0 Å². The van der Waals surface area contributed by atoms with Gasteiger partial charge >= 0.3 is 6.09 Å². The minimum atomic E-state index is -0.579. The molecule has 0 saturated carbocycles. The van der Waals surface area contributed by atoms with Gasteiger partial charge in [-0.05, 0) is 37.3 Å². The topological polar surface area (TPSA) is 91.4 Å². The molecule has 0 spiro atoms. The number of hydrogen-bond donors (Lipinski definition) is 2. The summed E-state index contributed by atoms with van der Waals surface area (Å²) < 4.78 is 6.77. The summed E-state index contributed by atoms with van der Waals surface area (Å²) >= 11 is 0. The summed E-state index contributed by atoms with van der Waals surface area (Å²) in [6.07, 6.45) is 3.31. The van der Waals surface area contributed by atoms with Crippen molar-refractivity contribution in [3.63, 3.8) is 0 Å². The molecule has 3 rings (SSSR count). The number of amides is 1. The van der Waals surface area contributed by atoms with Crippen LogP contribution in [-0.2, 0) is 11.3 Å². The number of nitrogens with one attached hydrogen (secondary N) is 2. The molecule has 0 radical (unpaired) electrons. The van der Waals surface area contributed by atoms with Crippen LogP contribution in [0.4, 0.5) is 16.2 Å².